The highest BCUT2D eigenvalue weighted by Crippen LogP contribution is 2.37. The first-order chi connectivity index (χ1) is 19.4. The molecule has 5 rings (SSSR count). The molecule has 4 aromatic rings. The van der Waals surface area contributed by atoms with Crippen LogP contribution < -0.4 is 10.5 Å². The van der Waals surface area contributed by atoms with Crippen LogP contribution in [-0.4, -0.2) is 56.0 Å². The van der Waals surface area contributed by atoms with Gasteiger partial charge in [-0.2, -0.15) is 17.5 Å². The van der Waals surface area contributed by atoms with Crippen molar-refractivity contribution < 1.29 is 40.2 Å². The van der Waals surface area contributed by atoms with E-state index in [-0.39, 0.29) is 64.2 Å². The lowest BCUT2D eigenvalue weighted by Gasteiger charge is -2.32. The number of ether oxygens (including phenoxy) is 2. The van der Waals surface area contributed by atoms with Crippen LogP contribution in [0.3, 0.4) is 0 Å². The van der Waals surface area contributed by atoms with Crippen molar-refractivity contribution >= 4 is 38.4 Å². The largest absolute Gasteiger partial charge is 0.490 e. The number of nitrogens with one attached hydrogen (secondary N) is 1. The van der Waals surface area contributed by atoms with E-state index in [0.717, 1.165) is 10.4 Å². The molecule has 0 bridgehead atoms. The van der Waals surface area contributed by atoms with Gasteiger partial charge in [0, 0.05) is 40.1 Å². The van der Waals surface area contributed by atoms with Crippen molar-refractivity contribution in [3.8, 4) is 16.9 Å². The Hall–Kier alpha value is -3.65. The van der Waals surface area contributed by atoms with Crippen molar-refractivity contribution in [2.45, 2.75) is 17.2 Å². The molecule has 1 saturated heterocycles. The Morgan fingerprint density at radius 2 is 1.88 bits per heavy atom. The molecule has 41 heavy (non-hydrogen) atoms. The number of halogens is 5. The standard InChI is InChI=1S/C27H22ClF4N3O5S/c28-16-6-8-22-20(12-16)25(24(34-22)26(33)36)41(37,38)35-9-10-39-17(13-35)14-40-23-4-2-1-3-18(23)19-11-15(27(30,31)32)5-7-21(19)29/h1-8,11-12,17,34H,9-10,13-14H2,(H2,33,36). The van der Waals surface area contributed by atoms with Crippen LogP contribution in [0.1, 0.15) is 16.1 Å². The Morgan fingerprint density at radius 3 is 2.61 bits per heavy atom. The Morgan fingerprint density at radius 1 is 1.12 bits per heavy atom. The summed E-state index contributed by atoms with van der Waals surface area (Å²) in [5.74, 6) is -1.76. The van der Waals surface area contributed by atoms with Gasteiger partial charge in [-0.25, -0.2) is 12.8 Å². The molecule has 14 heteroatoms. The third kappa shape index (κ3) is 5.75. The second-order valence-electron chi connectivity index (χ2n) is 9.24. The van der Waals surface area contributed by atoms with E-state index >= 15 is 0 Å². The highest BCUT2D eigenvalue weighted by atomic mass is 35.5. The number of carbonyl (C=O) groups excluding carboxylic acids is 1. The molecule has 1 aliphatic heterocycles. The predicted octanol–water partition coefficient (Wildman–Crippen LogP) is 5.21. The molecule has 3 N–H and O–H groups in total. The van der Waals surface area contributed by atoms with E-state index in [1.807, 2.05) is 0 Å². The average Bonchev–Trinajstić information content (AvgIpc) is 3.32. The number of fused-ring (bicyclic) bond motifs is 1. The molecular formula is C27H22ClF4N3O5S. The number of carbonyl (C=O) groups is 1. The van der Waals surface area contributed by atoms with E-state index in [4.69, 9.17) is 26.8 Å². The van der Waals surface area contributed by atoms with Gasteiger partial charge in [0.15, 0.2) is 0 Å². The maximum Gasteiger partial charge on any atom is 0.416 e. The number of primary amides is 1. The van der Waals surface area contributed by atoms with Crippen LogP contribution in [0.15, 0.2) is 65.6 Å². The number of benzene rings is 3. The number of hydrogen-bond donors (Lipinski definition) is 2. The summed E-state index contributed by atoms with van der Waals surface area (Å²) < 4.78 is 94.5. The number of H-pyrrole nitrogens is 1. The Balaban J connectivity index is 1.39. The van der Waals surface area contributed by atoms with Crippen molar-refractivity contribution in [1.29, 1.82) is 0 Å². The molecular weight excluding hydrogens is 590 g/mol. The van der Waals surface area contributed by atoms with Gasteiger partial charge in [-0.3, -0.25) is 4.79 Å². The van der Waals surface area contributed by atoms with Gasteiger partial charge in [-0.15, -0.1) is 0 Å². The molecule has 0 saturated carbocycles. The second kappa shape index (κ2) is 11.0. The predicted molar refractivity (Wildman–Crippen MR) is 143 cm³/mol. The van der Waals surface area contributed by atoms with Gasteiger partial charge in [-0.1, -0.05) is 29.8 Å². The first-order valence-electron chi connectivity index (χ1n) is 12.2. The lowest BCUT2D eigenvalue weighted by Crippen LogP contribution is -2.47. The van der Waals surface area contributed by atoms with Crippen LogP contribution in [0.4, 0.5) is 17.6 Å². The number of hydrogen-bond acceptors (Lipinski definition) is 5. The van der Waals surface area contributed by atoms with E-state index in [9.17, 15) is 30.8 Å². The van der Waals surface area contributed by atoms with Crippen molar-refractivity contribution in [3.05, 3.63) is 82.8 Å². The Labute approximate surface area is 236 Å². The third-order valence-corrected chi connectivity index (χ3v) is 8.74. The van der Waals surface area contributed by atoms with Crippen molar-refractivity contribution in [1.82, 2.24) is 9.29 Å². The minimum atomic E-state index is -4.67. The molecule has 216 valence electrons. The van der Waals surface area contributed by atoms with Crippen LogP contribution in [0.2, 0.25) is 5.02 Å². The topological polar surface area (TPSA) is 115 Å². The third-order valence-electron chi connectivity index (χ3n) is 6.55. The van der Waals surface area contributed by atoms with E-state index in [1.54, 1.807) is 6.07 Å². The van der Waals surface area contributed by atoms with Gasteiger partial charge in [0.2, 0.25) is 10.0 Å². The smallest absolute Gasteiger partial charge is 0.416 e. The minimum absolute atomic E-state index is 0.00776. The summed E-state index contributed by atoms with van der Waals surface area (Å²) in [6.45, 7) is -0.414. The fourth-order valence-electron chi connectivity index (χ4n) is 4.63. The first-order valence-corrected chi connectivity index (χ1v) is 14.0. The zero-order valence-corrected chi connectivity index (χ0v) is 22.6. The summed E-state index contributed by atoms with van der Waals surface area (Å²) >= 11 is 6.08. The second-order valence-corrected chi connectivity index (χ2v) is 11.5. The monoisotopic (exact) mass is 611 g/mol. The molecule has 0 spiro atoms. The maximum absolute atomic E-state index is 14.6. The zero-order chi connectivity index (χ0) is 29.5. The number of nitrogens with two attached hydrogens (primary N) is 1. The molecule has 0 radical (unpaired) electrons. The summed E-state index contributed by atoms with van der Waals surface area (Å²) in [5, 5.41) is 0.454. The molecule has 3 aromatic carbocycles. The fourth-order valence-corrected chi connectivity index (χ4v) is 6.59. The number of aromatic nitrogens is 1. The van der Waals surface area contributed by atoms with Gasteiger partial charge in [0.25, 0.3) is 5.91 Å². The number of para-hydroxylation sites is 1. The summed E-state index contributed by atoms with van der Waals surface area (Å²) in [6.07, 6.45) is -5.48. The van der Waals surface area contributed by atoms with Gasteiger partial charge in [0.1, 0.15) is 34.9 Å². The number of aromatic amines is 1. The lowest BCUT2D eigenvalue weighted by molar-refractivity contribution is -0.137. The highest BCUT2D eigenvalue weighted by molar-refractivity contribution is 7.89. The van der Waals surface area contributed by atoms with E-state index in [1.165, 1.54) is 36.4 Å². The average molecular weight is 612 g/mol. The summed E-state index contributed by atoms with van der Waals surface area (Å²) in [4.78, 5) is 14.5. The molecule has 1 amide bonds. The summed E-state index contributed by atoms with van der Waals surface area (Å²) in [6, 6.07) is 12.5. The van der Waals surface area contributed by atoms with Gasteiger partial charge < -0.3 is 20.2 Å². The van der Waals surface area contributed by atoms with Gasteiger partial charge in [0.05, 0.1) is 12.2 Å². The molecule has 8 nitrogen and oxygen atoms in total. The lowest BCUT2D eigenvalue weighted by atomic mass is 10.0. The Bertz CT molecular complexity index is 1740. The summed E-state index contributed by atoms with van der Waals surface area (Å²) in [7, 11) is -4.28. The van der Waals surface area contributed by atoms with Gasteiger partial charge >= 0.3 is 6.18 Å². The Kier molecular flexibility index (Phi) is 7.72. The van der Waals surface area contributed by atoms with Crippen LogP contribution in [-0.2, 0) is 20.9 Å². The molecule has 0 aliphatic carbocycles. The number of alkyl halides is 3. The van der Waals surface area contributed by atoms with Crippen LogP contribution >= 0.6 is 11.6 Å². The van der Waals surface area contributed by atoms with E-state index in [0.29, 0.717) is 17.6 Å². The number of morpholine rings is 1. The van der Waals surface area contributed by atoms with Crippen LogP contribution in [0.5, 0.6) is 5.75 Å². The minimum Gasteiger partial charge on any atom is -0.490 e. The number of sulfonamides is 1. The van der Waals surface area contributed by atoms with Gasteiger partial charge in [-0.05, 0) is 42.5 Å². The van der Waals surface area contributed by atoms with Crippen LogP contribution in [0, 0.1) is 5.82 Å². The first kappa shape index (κ1) is 28.9. The maximum atomic E-state index is 14.6. The number of nitrogens with zero attached hydrogens (tertiary/aromatic N) is 1. The number of amides is 1. The molecule has 2 heterocycles. The van der Waals surface area contributed by atoms with Crippen molar-refractivity contribution in [3.63, 3.8) is 0 Å². The zero-order valence-electron chi connectivity index (χ0n) is 21.0. The normalized spacial score (nSPS) is 16.7. The fraction of sp³-hybridized carbons (Fsp3) is 0.222. The SMILES string of the molecule is NC(=O)c1[nH]c2ccc(Cl)cc2c1S(=O)(=O)N1CCOC(COc2ccccc2-c2cc(C(F)(F)F)ccc2F)C1. The number of rotatable bonds is 7. The summed E-state index contributed by atoms with van der Waals surface area (Å²) in [5.41, 5.74) is 4.29. The molecule has 1 aliphatic rings. The molecule has 1 atom stereocenters. The van der Waals surface area contributed by atoms with Crippen molar-refractivity contribution in [2.24, 2.45) is 5.73 Å². The van der Waals surface area contributed by atoms with E-state index in [2.05, 4.69) is 4.98 Å². The molecule has 1 unspecified atom stereocenters. The van der Waals surface area contributed by atoms with Crippen molar-refractivity contribution in [2.75, 3.05) is 26.3 Å². The quantitative estimate of drug-likeness (QED) is 0.278. The molecule has 1 fully saturated rings. The molecule has 1 aromatic heterocycles. The van der Waals surface area contributed by atoms with Crippen LogP contribution in [0.25, 0.3) is 22.0 Å². The highest BCUT2D eigenvalue weighted by Gasteiger charge is 2.36. The van der Waals surface area contributed by atoms with E-state index < -0.39 is 39.6 Å².